The zero-order valence-electron chi connectivity index (χ0n) is 16.8. The molecule has 31 heavy (non-hydrogen) atoms. The molecule has 2 aromatic carbocycles. The summed E-state index contributed by atoms with van der Waals surface area (Å²) in [5.41, 5.74) is 3.33. The molecule has 2 heterocycles. The van der Waals surface area contributed by atoms with Crippen LogP contribution < -0.4 is 4.74 Å². The highest BCUT2D eigenvalue weighted by molar-refractivity contribution is 6.01. The van der Waals surface area contributed by atoms with Gasteiger partial charge in [-0.2, -0.15) is 5.10 Å². The summed E-state index contributed by atoms with van der Waals surface area (Å²) in [4.78, 5) is 17.1. The van der Waals surface area contributed by atoms with Gasteiger partial charge in [-0.3, -0.25) is 14.5 Å². The largest absolute Gasteiger partial charge is 0.488 e. The Morgan fingerprint density at radius 3 is 2.58 bits per heavy atom. The number of carbonyl (C=O) groups is 1. The minimum absolute atomic E-state index is 0.00336. The first-order valence-electron chi connectivity index (χ1n) is 9.61. The summed E-state index contributed by atoms with van der Waals surface area (Å²) in [6, 6.07) is 12.5. The maximum atomic E-state index is 13.5. The average Bonchev–Trinajstić information content (AvgIpc) is 3.21. The van der Waals surface area contributed by atoms with Crippen molar-refractivity contribution in [2.24, 2.45) is 7.05 Å². The molecule has 0 aliphatic rings. The molecule has 156 valence electrons. The van der Waals surface area contributed by atoms with Crippen LogP contribution in [0.25, 0.3) is 11.1 Å². The summed E-state index contributed by atoms with van der Waals surface area (Å²) >= 11 is 0. The quantitative estimate of drug-likeness (QED) is 0.405. The number of pyridine rings is 1. The first kappa shape index (κ1) is 20.4. The highest BCUT2D eigenvalue weighted by atomic mass is 19.2. The Morgan fingerprint density at radius 1 is 1.00 bits per heavy atom. The van der Waals surface area contributed by atoms with Gasteiger partial charge in [-0.05, 0) is 47.0 Å². The molecule has 0 bridgehead atoms. The van der Waals surface area contributed by atoms with Gasteiger partial charge in [0.1, 0.15) is 12.4 Å². The molecule has 0 amide bonds. The number of ketones is 1. The van der Waals surface area contributed by atoms with Crippen LogP contribution in [-0.2, 0) is 20.1 Å². The van der Waals surface area contributed by atoms with E-state index in [9.17, 15) is 13.6 Å². The minimum atomic E-state index is -0.944. The summed E-state index contributed by atoms with van der Waals surface area (Å²) in [7, 11) is 1.82. The van der Waals surface area contributed by atoms with E-state index in [2.05, 4.69) is 10.1 Å². The van der Waals surface area contributed by atoms with Crippen molar-refractivity contribution in [1.29, 1.82) is 0 Å². The average molecular weight is 419 g/mol. The fourth-order valence-electron chi connectivity index (χ4n) is 3.20. The van der Waals surface area contributed by atoms with E-state index in [0.717, 1.165) is 28.8 Å². The lowest BCUT2D eigenvalue weighted by atomic mass is 9.99. The normalized spacial score (nSPS) is 10.8. The lowest BCUT2D eigenvalue weighted by Crippen LogP contribution is -2.08. The van der Waals surface area contributed by atoms with Gasteiger partial charge < -0.3 is 4.74 Å². The van der Waals surface area contributed by atoms with Crippen molar-refractivity contribution >= 4 is 5.78 Å². The van der Waals surface area contributed by atoms with Gasteiger partial charge in [0.2, 0.25) is 0 Å². The zero-order valence-corrected chi connectivity index (χ0v) is 16.8. The molecular formula is C24H19F2N3O2. The number of aromatic nitrogens is 3. The molecule has 0 saturated carbocycles. The topological polar surface area (TPSA) is 57.0 Å². The number of hydrogen-bond donors (Lipinski definition) is 0. The Morgan fingerprint density at radius 2 is 1.87 bits per heavy atom. The van der Waals surface area contributed by atoms with Crippen LogP contribution in [0.2, 0.25) is 0 Å². The predicted octanol–water partition coefficient (Wildman–Crippen LogP) is 4.76. The van der Waals surface area contributed by atoms with Gasteiger partial charge in [-0.25, -0.2) is 8.78 Å². The smallest absolute Gasteiger partial charge is 0.171 e. The Kier molecular flexibility index (Phi) is 5.84. The first-order chi connectivity index (χ1) is 15.0. The van der Waals surface area contributed by atoms with Gasteiger partial charge in [-0.1, -0.05) is 18.2 Å². The van der Waals surface area contributed by atoms with Crippen LogP contribution in [0.3, 0.4) is 0 Å². The molecule has 4 aromatic rings. The standard InChI is InChI=1S/C24H19F2N3O2/c1-29-14-19(13-28-29)18-5-7-24(31-15-17-4-6-21(25)22(26)9-17)20(11-18)23(30)10-16-3-2-8-27-12-16/h2-9,11-14H,10,15H2,1H3. The molecule has 0 radical (unpaired) electrons. The Hall–Kier alpha value is -3.87. The third-order valence-electron chi connectivity index (χ3n) is 4.78. The van der Waals surface area contributed by atoms with Gasteiger partial charge in [0.25, 0.3) is 0 Å². The van der Waals surface area contributed by atoms with Crippen LogP contribution in [0.1, 0.15) is 21.5 Å². The van der Waals surface area contributed by atoms with E-state index in [4.69, 9.17) is 4.74 Å². The third kappa shape index (κ3) is 4.83. The predicted molar refractivity (Wildman–Crippen MR) is 112 cm³/mol. The van der Waals surface area contributed by atoms with E-state index in [0.29, 0.717) is 16.9 Å². The maximum absolute atomic E-state index is 13.5. The molecule has 0 unspecified atom stereocenters. The van der Waals surface area contributed by atoms with Crippen molar-refractivity contribution in [2.45, 2.75) is 13.0 Å². The number of carbonyl (C=O) groups excluding carboxylic acids is 1. The van der Waals surface area contributed by atoms with Gasteiger partial charge in [-0.15, -0.1) is 0 Å². The molecule has 0 fully saturated rings. The maximum Gasteiger partial charge on any atom is 0.171 e. The highest BCUT2D eigenvalue weighted by Crippen LogP contribution is 2.28. The van der Waals surface area contributed by atoms with Crippen molar-refractivity contribution in [3.63, 3.8) is 0 Å². The molecule has 5 nitrogen and oxygen atoms in total. The number of hydrogen-bond acceptors (Lipinski definition) is 4. The van der Waals surface area contributed by atoms with E-state index in [1.807, 2.05) is 25.4 Å². The van der Waals surface area contributed by atoms with Crippen LogP contribution in [0, 0.1) is 11.6 Å². The fraction of sp³-hybridized carbons (Fsp3) is 0.125. The Labute approximate surface area is 177 Å². The lowest BCUT2D eigenvalue weighted by Gasteiger charge is -2.13. The van der Waals surface area contributed by atoms with E-state index in [-0.39, 0.29) is 18.8 Å². The second-order valence-electron chi connectivity index (χ2n) is 7.11. The monoisotopic (exact) mass is 419 g/mol. The van der Waals surface area contributed by atoms with Crippen molar-refractivity contribution in [1.82, 2.24) is 14.8 Å². The number of rotatable bonds is 7. The van der Waals surface area contributed by atoms with Crippen molar-refractivity contribution in [3.8, 4) is 16.9 Å². The first-order valence-corrected chi connectivity index (χ1v) is 9.61. The molecule has 4 rings (SSSR count). The summed E-state index contributed by atoms with van der Waals surface area (Å²) in [6.45, 7) is -0.00336. The number of nitrogens with zero attached hydrogens (tertiary/aromatic N) is 3. The SMILES string of the molecule is Cn1cc(-c2ccc(OCc3ccc(F)c(F)c3)c(C(=O)Cc3cccnc3)c2)cn1. The molecule has 0 spiro atoms. The van der Waals surface area contributed by atoms with Crippen LogP contribution in [0.4, 0.5) is 8.78 Å². The molecule has 0 N–H and O–H groups in total. The second-order valence-corrected chi connectivity index (χ2v) is 7.11. The van der Waals surface area contributed by atoms with E-state index in [1.54, 1.807) is 41.5 Å². The molecule has 0 aliphatic carbocycles. The molecule has 0 saturated heterocycles. The number of halogens is 2. The molecule has 7 heteroatoms. The van der Waals surface area contributed by atoms with Crippen molar-refractivity contribution in [2.75, 3.05) is 0 Å². The van der Waals surface area contributed by atoms with Crippen LogP contribution in [-0.4, -0.2) is 20.5 Å². The van der Waals surface area contributed by atoms with Crippen LogP contribution >= 0.6 is 0 Å². The molecule has 2 aromatic heterocycles. The second kappa shape index (κ2) is 8.87. The van der Waals surface area contributed by atoms with Gasteiger partial charge in [0.15, 0.2) is 17.4 Å². The van der Waals surface area contributed by atoms with Crippen LogP contribution in [0.5, 0.6) is 5.75 Å². The summed E-state index contributed by atoms with van der Waals surface area (Å²) < 4.78 is 34.2. The van der Waals surface area contributed by atoms with E-state index in [1.165, 1.54) is 6.07 Å². The Balaban J connectivity index is 1.64. The summed E-state index contributed by atoms with van der Waals surface area (Å²) in [5, 5.41) is 4.18. The Bertz CT molecular complexity index is 1220. The van der Waals surface area contributed by atoms with Gasteiger partial charge in [0, 0.05) is 37.6 Å². The molecule has 0 aliphatic heterocycles. The lowest BCUT2D eigenvalue weighted by molar-refractivity contribution is 0.0988. The van der Waals surface area contributed by atoms with Gasteiger partial charge >= 0.3 is 0 Å². The van der Waals surface area contributed by atoms with Gasteiger partial charge in [0.05, 0.1) is 11.8 Å². The van der Waals surface area contributed by atoms with E-state index >= 15 is 0 Å². The minimum Gasteiger partial charge on any atom is -0.488 e. The van der Waals surface area contributed by atoms with Crippen molar-refractivity contribution < 1.29 is 18.3 Å². The molecule has 0 atom stereocenters. The summed E-state index contributed by atoms with van der Waals surface area (Å²) in [5.74, 6) is -1.64. The number of Topliss-reactive ketones (excluding diaryl/α,β-unsaturated/α-hetero) is 1. The number of aryl methyl sites for hydroxylation is 1. The highest BCUT2D eigenvalue weighted by Gasteiger charge is 2.16. The number of benzene rings is 2. The zero-order chi connectivity index (χ0) is 21.8. The van der Waals surface area contributed by atoms with E-state index < -0.39 is 11.6 Å². The third-order valence-corrected chi connectivity index (χ3v) is 4.78. The molecular weight excluding hydrogens is 400 g/mol. The number of ether oxygens (including phenoxy) is 1. The van der Waals surface area contributed by atoms with Crippen molar-refractivity contribution in [3.05, 3.63) is 102 Å². The summed E-state index contributed by atoms with van der Waals surface area (Å²) in [6.07, 6.45) is 7.02. The fourth-order valence-corrected chi connectivity index (χ4v) is 3.20. The van der Waals surface area contributed by atoms with Crippen LogP contribution in [0.15, 0.2) is 73.3 Å².